The third-order valence-electron chi connectivity index (χ3n) is 3.74. The van der Waals surface area contributed by atoms with Crippen molar-refractivity contribution in [1.29, 1.82) is 0 Å². The highest BCUT2D eigenvalue weighted by molar-refractivity contribution is 6.04. The van der Waals surface area contributed by atoms with Crippen LogP contribution in [-0.2, 0) is 11.8 Å². The van der Waals surface area contributed by atoms with Crippen molar-refractivity contribution in [3.8, 4) is 0 Å². The van der Waals surface area contributed by atoms with Gasteiger partial charge in [0.05, 0.1) is 5.60 Å². The van der Waals surface area contributed by atoms with E-state index in [9.17, 15) is 23.1 Å². The average molecular weight is 367 g/mol. The largest absolute Gasteiger partial charge is 0.435 e. The van der Waals surface area contributed by atoms with Crippen LogP contribution in [0.3, 0.4) is 0 Å². The second-order valence-corrected chi connectivity index (χ2v) is 6.62. The fourth-order valence-corrected chi connectivity index (χ4v) is 2.86. The highest BCUT2D eigenvalue weighted by Crippen LogP contribution is 2.34. The lowest BCUT2D eigenvalue weighted by Gasteiger charge is -2.28. The monoisotopic (exact) mass is 367 g/mol. The molecule has 140 valence electrons. The van der Waals surface area contributed by atoms with E-state index in [0.29, 0.717) is 12.0 Å². The summed E-state index contributed by atoms with van der Waals surface area (Å²) in [5, 5.41) is 13.2. The van der Waals surface area contributed by atoms with Gasteiger partial charge < -0.3 is 10.4 Å². The smallest absolute Gasteiger partial charge is 0.385 e. The molecule has 1 amide bonds. The van der Waals surface area contributed by atoms with Crippen molar-refractivity contribution in [3.63, 3.8) is 0 Å². The Labute approximate surface area is 149 Å². The summed E-state index contributed by atoms with van der Waals surface area (Å²) in [5.74, 6) is -0.871. The first-order chi connectivity index (χ1) is 12.0. The number of hydrogen-bond donors (Lipinski definition) is 2. The normalized spacial score (nSPS) is 14.2. The zero-order valence-corrected chi connectivity index (χ0v) is 14.6. The minimum atomic E-state index is -4.80. The third kappa shape index (κ3) is 4.57. The van der Waals surface area contributed by atoms with Gasteiger partial charge in [-0.2, -0.15) is 13.2 Å². The second-order valence-electron chi connectivity index (χ2n) is 6.62. The zero-order chi connectivity index (χ0) is 19.5. The van der Waals surface area contributed by atoms with Gasteiger partial charge in [0.25, 0.3) is 5.91 Å². The molecule has 0 aliphatic rings. The molecule has 26 heavy (non-hydrogen) atoms. The number of amides is 1. The predicted molar refractivity (Wildman–Crippen MR) is 90.5 cm³/mol. The van der Waals surface area contributed by atoms with Crippen molar-refractivity contribution in [2.75, 3.05) is 5.32 Å². The maximum absolute atomic E-state index is 13.0. The molecule has 1 aromatic carbocycles. The van der Waals surface area contributed by atoms with Gasteiger partial charge in [0.1, 0.15) is 0 Å². The van der Waals surface area contributed by atoms with Crippen molar-refractivity contribution >= 4 is 11.6 Å². The number of carbonyl (C=O) groups excluding carboxylic acids is 1. The molecule has 0 saturated heterocycles. The third-order valence-corrected chi connectivity index (χ3v) is 3.74. The van der Waals surface area contributed by atoms with Gasteiger partial charge in [0.2, 0.25) is 0 Å². The van der Waals surface area contributed by atoms with Crippen LogP contribution in [0.5, 0.6) is 0 Å². The number of para-hydroxylation sites is 1. The molecular weight excluding hydrogens is 347 g/mol. The highest BCUT2D eigenvalue weighted by Gasteiger charge is 2.38. The summed E-state index contributed by atoms with van der Waals surface area (Å²) in [6.45, 7) is 5.47. The van der Waals surface area contributed by atoms with E-state index in [1.165, 1.54) is 6.07 Å². The van der Waals surface area contributed by atoms with Crippen molar-refractivity contribution in [2.24, 2.45) is 5.92 Å². The van der Waals surface area contributed by atoms with E-state index in [-0.39, 0.29) is 11.6 Å². The van der Waals surface area contributed by atoms with Crippen LogP contribution >= 0.6 is 0 Å². The van der Waals surface area contributed by atoms with E-state index in [0.717, 1.165) is 12.4 Å². The number of carbonyl (C=O) groups is 1. The molecule has 0 aliphatic heterocycles. The molecule has 0 fully saturated rings. The van der Waals surface area contributed by atoms with Crippen LogP contribution in [0.15, 0.2) is 36.7 Å². The summed E-state index contributed by atoms with van der Waals surface area (Å²) in [6.07, 6.45) is -2.49. The van der Waals surface area contributed by atoms with Gasteiger partial charge >= 0.3 is 6.18 Å². The number of nitrogens with zero attached hydrogens (tertiary/aromatic N) is 2. The van der Waals surface area contributed by atoms with E-state index in [1.807, 2.05) is 13.8 Å². The van der Waals surface area contributed by atoms with Crippen LogP contribution < -0.4 is 5.32 Å². The molecule has 0 aliphatic carbocycles. The van der Waals surface area contributed by atoms with E-state index in [1.54, 1.807) is 25.1 Å². The Hall–Kier alpha value is -2.48. The molecule has 0 bridgehead atoms. The number of anilines is 1. The maximum atomic E-state index is 13.0. The van der Waals surface area contributed by atoms with Crippen molar-refractivity contribution < 1.29 is 23.1 Å². The lowest BCUT2D eigenvalue weighted by Crippen LogP contribution is -2.27. The molecule has 0 spiro atoms. The summed E-state index contributed by atoms with van der Waals surface area (Å²) in [4.78, 5) is 19.1. The number of benzene rings is 1. The molecule has 2 aromatic rings. The number of rotatable bonds is 5. The molecule has 1 aromatic heterocycles. The van der Waals surface area contributed by atoms with Crippen LogP contribution in [-0.4, -0.2) is 21.0 Å². The van der Waals surface area contributed by atoms with Gasteiger partial charge in [-0.25, -0.2) is 9.97 Å². The van der Waals surface area contributed by atoms with Gasteiger partial charge in [-0.15, -0.1) is 0 Å². The lowest BCUT2D eigenvalue weighted by molar-refractivity contribution is -0.141. The molecule has 2 rings (SSSR count). The Morgan fingerprint density at radius 3 is 2.42 bits per heavy atom. The Morgan fingerprint density at radius 2 is 1.81 bits per heavy atom. The highest BCUT2D eigenvalue weighted by atomic mass is 19.4. The fraction of sp³-hybridized carbons (Fsp3) is 0.389. The molecular formula is C18H20F3N3O2. The van der Waals surface area contributed by atoms with Crippen LogP contribution in [0.4, 0.5) is 18.9 Å². The zero-order valence-electron chi connectivity index (χ0n) is 14.6. The lowest BCUT2D eigenvalue weighted by atomic mass is 9.86. The van der Waals surface area contributed by atoms with Gasteiger partial charge in [0, 0.05) is 23.6 Å². The molecule has 1 heterocycles. The first kappa shape index (κ1) is 19.8. The number of halogens is 3. The Bertz CT molecular complexity index is 789. The van der Waals surface area contributed by atoms with Gasteiger partial charge in [-0.3, -0.25) is 4.79 Å². The quantitative estimate of drug-likeness (QED) is 0.838. The van der Waals surface area contributed by atoms with E-state index in [4.69, 9.17) is 0 Å². The molecule has 0 radical (unpaired) electrons. The summed E-state index contributed by atoms with van der Waals surface area (Å²) in [5.41, 5.74) is -2.79. The van der Waals surface area contributed by atoms with Crippen molar-refractivity contribution in [2.45, 2.75) is 39.0 Å². The maximum Gasteiger partial charge on any atom is 0.435 e. The van der Waals surface area contributed by atoms with Gasteiger partial charge in [-0.1, -0.05) is 32.0 Å². The van der Waals surface area contributed by atoms with Crippen LogP contribution in [0, 0.1) is 5.92 Å². The molecule has 5 nitrogen and oxygen atoms in total. The minimum absolute atomic E-state index is 0.172. The van der Waals surface area contributed by atoms with Crippen molar-refractivity contribution in [1.82, 2.24) is 9.97 Å². The average Bonchev–Trinajstić information content (AvgIpc) is 2.53. The Morgan fingerprint density at radius 1 is 1.19 bits per heavy atom. The summed E-state index contributed by atoms with van der Waals surface area (Å²) < 4.78 is 39.1. The Balaban J connectivity index is 2.38. The number of nitrogens with one attached hydrogen (secondary N) is 1. The van der Waals surface area contributed by atoms with Crippen LogP contribution in [0.1, 0.15) is 48.9 Å². The van der Waals surface area contributed by atoms with Crippen LogP contribution in [0.25, 0.3) is 0 Å². The van der Waals surface area contributed by atoms with E-state index >= 15 is 0 Å². The molecule has 0 saturated carbocycles. The molecule has 2 N–H and O–H groups in total. The number of alkyl halides is 3. The van der Waals surface area contributed by atoms with Crippen LogP contribution in [0.2, 0.25) is 0 Å². The summed E-state index contributed by atoms with van der Waals surface area (Å²) in [7, 11) is 0. The van der Waals surface area contributed by atoms with Gasteiger partial charge in [-0.05, 0) is 25.3 Å². The van der Waals surface area contributed by atoms with E-state index in [2.05, 4.69) is 15.3 Å². The topological polar surface area (TPSA) is 75.1 Å². The SMILES string of the molecule is CC(C)CC(C)(O)c1ccccc1NC(=O)c1nccnc1C(F)(F)F. The number of aliphatic hydroxyl groups is 1. The first-order valence-electron chi connectivity index (χ1n) is 8.04. The summed E-state index contributed by atoms with van der Waals surface area (Å²) >= 11 is 0. The van der Waals surface area contributed by atoms with Gasteiger partial charge in [0.15, 0.2) is 11.4 Å². The first-order valence-corrected chi connectivity index (χ1v) is 8.04. The second kappa shape index (κ2) is 7.41. The van der Waals surface area contributed by atoms with E-state index < -0.39 is 29.1 Å². The molecule has 1 unspecified atom stereocenters. The molecule has 1 atom stereocenters. The minimum Gasteiger partial charge on any atom is -0.385 e. The molecule has 8 heteroatoms. The van der Waals surface area contributed by atoms with Crippen molar-refractivity contribution in [3.05, 3.63) is 53.6 Å². The fourth-order valence-electron chi connectivity index (χ4n) is 2.86. The number of hydrogen-bond acceptors (Lipinski definition) is 4. The summed E-state index contributed by atoms with van der Waals surface area (Å²) in [6, 6.07) is 6.44. The Kier molecular flexibility index (Phi) is 5.65. The standard InChI is InChI=1S/C18H20F3N3O2/c1-11(2)10-17(3,26)12-6-4-5-7-13(12)24-16(25)14-15(18(19,20)21)23-9-8-22-14/h4-9,11,26H,10H2,1-3H3,(H,24,25). The number of aromatic nitrogens is 2. The predicted octanol–water partition coefficient (Wildman–Crippen LogP) is 4.00.